The first-order valence-electron chi connectivity index (χ1n) is 8.63. The summed E-state index contributed by atoms with van der Waals surface area (Å²) in [5.41, 5.74) is 2.99. The minimum absolute atomic E-state index is 0.121. The third-order valence-electron chi connectivity index (χ3n) is 4.45. The number of fused-ring (bicyclic) bond motifs is 1. The molecule has 3 N–H and O–H groups in total. The molecule has 26 heavy (non-hydrogen) atoms. The summed E-state index contributed by atoms with van der Waals surface area (Å²) in [6.45, 7) is -0.121. The Balaban J connectivity index is 1.60. The van der Waals surface area contributed by atoms with Crippen molar-refractivity contribution in [1.29, 1.82) is 0 Å². The monoisotopic (exact) mass is 354 g/mol. The molecule has 136 valence electrons. The molecule has 2 aromatic carbocycles. The van der Waals surface area contributed by atoms with E-state index in [0.717, 1.165) is 30.4 Å². The number of rotatable bonds is 5. The summed E-state index contributed by atoms with van der Waals surface area (Å²) < 4.78 is 5.68. The van der Waals surface area contributed by atoms with Crippen molar-refractivity contribution in [2.45, 2.75) is 25.4 Å². The second-order valence-corrected chi connectivity index (χ2v) is 6.23. The van der Waals surface area contributed by atoms with Crippen LogP contribution in [0.5, 0.6) is 5.75 Å². The van der Waals surface area contributed by atoms with Crippen molar-refractivity contribution in [2.75, 3.05) is 19.0 Å². The van der Waals surface area contributed by atoms with Crippen LogP contribution in [0.25, 0.3) is 0 Å². The Morgan fingerprint density at radius 1 is 1.19 bits per heavy atom. The molecule has 0 unspecified atom stereocenters. The number of nitrogens with one attached hydrogen (secondary N) is 2. The third-order valence-corrected chi connectivity index (χ3v) is 4.45. The van der Waals surface area contributed by atoms with Crippen LogP contribution in [-0.4, -0.2) is 30.6 Å². The Bertz CT molecular complexity index is 802. The molecule has 1 aliphatic carbocycles. The Labute approximate surface area is 152 Å². The number of benzene rings is 2. The van der Waals surface area contributed by atoms with Gasteiger partial charge in [-0.2, -0.15) is 0 Å². The molecule has 0 aromatic heterocycles. The van der Waals surface area contributed by atoms with Gasteiger partial charge in [0.05, 0.1) is 6.10 Å². The van der Waals surface area contributed by atoms with E-state index in [1.807, 2.05) is 18.2 Å². The molecule has 0 aliphatic heterocycles. The number of carbonyl (C=O) groups excluding carboxylic acids is 2. The SMILES string of the molecule is CNC(=O)c1ccc(NC(=O)COc2cccc3c2CCC[C@H]3O)cc1. The number of aliphatic hydroxyl groups excluding tert-OH is 1. The number of ether oxygens (including phenoxy) is 1. The maximum absolute atomic E-state index is 12.1. The second-order valence-electron chi connectivity index (χ2n) is 6.23. The minimum Gasteiger partial charge on any atom is -0.483 e. The Morgan fingerprint density at radius 3 is 2.69 bits per heavy atom. The summed E-state index contributed by atoms with van der Waals surface area (Å²) in [5.74, 6) is 0.181. The average Bonchev–Trinajstić information content (AvgIpc) is 2.67. The number of hydrogen-bond donors (Lipinski definition) is 3. The Kier molecular flexibility index (Phi) is 5.53. The highest BCUT2D eigenvalue weighted by atomic mass is 16.5. The molecule has 3 rings (SSSR count). The number of carbonyl (C=O) groups is 2. The highest BCUT2D eigenvalue weighted by molar-refractivity contribution is 5.95. The summed E-state index contributed by atoms with van der Waals surface area (Å²) in [6, 6.07) is 12.2. The van der Waals surface area contributed by atoms with E-state index >= 15 is 0 Å². The molecule has 6 nitrogen and oxygen atoms in total. The van der Waals surface area contributed by atoms with E-state index < -0.39 is 6.10 Å². The van der Waals surface area contributed by atoms with Gasteiger partial charge in [0.2, 0.25) is 0 Å². The predicted octanol–water partition coefficient (Wildman–Crippen LogP) is 2.43. The lowest BCUT2D eigenvalue weighted by atomic mass is 9.89. The Morgan fingerprint density at radius 2 is 1.96 bits per heavy atom. The lowest BCUT2D eigenvalue weighted by Gasteiger charge is -2.23. The number of aliphatic hydroxyl groups is 1. The normalized spacial score (nSPS) is 15.7. The fourth-order valence-electron chi connectivity index (χ4n) is 3.11. The van der Waals surface area contributed by atoms with Crippen LogP contribution in [-0.2, 0) is 11.2 Å². The topological polar surface area (TPSA) is 87.7 Å². The van der Waals surface area contributed by atoms with Crippen molar-refractivity contribution in [3.63, 3.8) is 0 Å². The minimum atomic E-state index is -0.463. The highest BCUT2D eigenvalue weighted by Gasteiger charge is 2.21. The molecule has 0 bridgehead atoms. The van der Waals surface area contributed by atoms with E-state index in [9.17, 15) is 14.7 Å². The molecule has 0 heterocycles. The zero-order valence-electron chi connectivity index (χ0n) is 14.6. The molecule has 0 radical (unpaired) electrons. The van der Waals surface area contributed by atoms with Crippen LogP contribution in [0.15, 0.2) is 42.5 Å². The molecular weight excluding hydrogens is 332 g/mol. The van der Waals surface area contributed by atoms with Crippen molar-refractivity contribution in [3.8, 4) is 5.75 Å². The Hall–Kier alpha value is -2.86. The van der Waals surface area contributed by atoms with Gasteiger partial charge in [0.25, 0.3) is 11.8 Å². The molecule has 1 aliphatic rings. The molecule has 2 aromatic rings. The number of amides is 2. The second kappa shape index (κ2) is 8.01. The summed E-state index contributed by atoms with van der Waals surface area (Å²) >= 11 is 0. The summed E-state index contributed by atoms with van der Waals surface area (Å²) in [4.78, 5) is 23.6. The smallest absolute Gasteiger partial charge is 0.262 e. The van der Waals surface area contributed by atoms with Gasteiger partial charge < -0.3 is 20.5 Å². The molecule has 1 atom stereocenters. The van der Waals surface area contributed by atoms with E-state index in [0.29, 0.717) is 17.0 Å². The van der Waals surface area contributed by atoms with Gasteiger partial charge in [0.15, 0.2) is 6.61 Å². The molecule has 0 saturated carbocycles. The van der Waals surface area contributed by atoms with Crippen molar-refractivity contribution >= 4 is 17.5 Å². The molecule has 6 heteroatoms. The zero-order valence-corrected chi connectivity index (χ0v) is 14.6. The molecule has 2 amide bonds. The van der Waals surface area contributed by atoms with Gasteiger partial charge in [-0.05, 0) is 60.7 Å². The highest BCUT2D eigenvalue weighted by Crippen LogP contribution is 2.35. The first-order valence-corrected chi connectivity index (χ1v) is 8.63. The van der Waals surface area contributed by atoms with Crippen LogP contribution in [0.1, 0.15) is 40.4 Å². The first-order chi connectivity index (χ1) is 12.6. The van der Waals surface area contributed by atoms with Crippen molar-refractivity contribution in [3.05, 3.63) is 59.2 Å². The maximum atomic E-state index is 12.1. The van der Waals surface area contributed by atoms with Crippen LogP contribution in [0.3, 0.4) is 0 Å². The van der Waals surface area contributed by atoms with Crippen molar-refractivity contribution in [2.24, 2.45) is 0 Å². The van der Waals surface area contributed by atoms with Crippen LogP contribution in [0.2, 0.25) is 0 Å². The predicted molar refractivity (Wildman–Crippen MR) is 98.3 cm³/mol. The van der Waals surface area contributed by atoms with Gasteiger partial charge in [-0.25, -0.2) is 0 Å². The van der Waals surface area contributed by atoms with Gasteiger partial charge in [-0.3, -0.25) is 9.59 Å². The van der Waals surface area contributed by atoms with E-state index in [4.69, 9.17) is 4.74 Å². The largest absolute Gasteiger partial charge is 0.483 e. The average molecular weight is 354 g/mol. The standard InChI is InChI=1S/C20H22N2O4/c1-21-20(25)13-8-10-14(11-9-13)22-19(24)12-26-18-7-3-4-15-16(18)5-2-6-17(15)23/h3-4,7-11,17,23H,2,5-6,12H2,1H3,(H,21,25)(H,22,24)/t17-/m1/s1. The van der Waals surface area contributed by atoms with Crippen molar-refractivity contribution in [1.82, 2.24) is 5.32 Å². The van der Waals surface area contributed by atoms with E-state index in [-0.39, 0.29) is 18.4 Å². The van der Waals surface area contributed by atoms with E-state index in [1.54, 1.807) is 31.3 Å². The summed E-state index contributed by atoms with van der Waals surface area (Å²) in [5, 5.41) is 15.4. The van der Waals surface area contributed by atoms with Crippen LogP contribution in [0.4, 0.5) is 5.69 Å². The lowest BCUT2D eigenvalue weighted by molar-refractivity contribution is -0.118. The van der Waals surface area contributed by atoms with Crippen LogP contribution >= 0.6 is 0 Å². The van der Waals surface area contributed by atoms with E-state index in [2.05, 4.69) is 10.6 Å². The maximum Gasteiger partial charge on any atom is 0.262 e. The fourth-order valence-corrected chi connectivity index (χ4v) is 3.11. The summed E-state index contributed by atoms with van der Waals surface area (Å²) in [6.07, 6.45) is 2.03. The quantitative estimate of drug-likeness (QED) is 0.770. The van der Waals surface area contributed by atoms with Gasteiger partial charge in [-0.1, -0.05) is 12.1 Å². The van der Waals surface area contributed by atoms with Gasteiger partial charge in [0, 0.05) is 18.3 Å². The molecule has 0 saturated heterocycles. The molecule has 0 spiro atoms. The zero-order chi connectivity index (χ0) is 18.5. The van der Waals surface area contributed by atoms with Gasteiger partial charge in [0.1, 0.15) is 5.75 Å². The molecular formula is C20H22N2O4. The molecule has 0 fully saturated rings. The fraction of sp³-hybridized carbons (Fsp3) is 0.300. The van der Waals surface area contributed by atoms with Crippen LogP contribution < -0.4 is 15.4 Å². The first kappa shape index (κ1) is 17.9. The van der Waals surface area contributed by atoms with Gasteiger partial charge >= 0.3 is 0 Å². The third kappa shape index (κ3) is 4.03. The van der Waals surface area contributed by atoms with E-state index in [1.165, 1.54) is 0 Å². The summed E-state index contributed by atoms with van der Waals surface area (Å²) in [7, 11) is 1.57. The van der Waals surface area contributed by atoms with Crippen LogP contribution in [0, 0.1) is 0 Å². The number of hydrogen-bond acceptors (Lipinski definition) is 4. The van der Waals surface area contributed by atoms with Crippen molar-refractivity contribution < 1.29 is 19.4 Å². The lowest BCUT2D eigenvalue weighted by Crippen LogP contribution is -2.21. The number of anilines is 1. The van der Waals surface area contributed by atoms with Gasteiger partial charge in [-0.15, -0.1) is 0 Å².